The molecular formula is C23H29N5O3. The van der Waals surface area contributed by atoms with Crippen LogP contribution < -0.4 is 10.6 Å². The number of carbonyl (C=O) groups is 1. The maximum atomic E-state index is 12.9. The molecule has 1 amide bonds. The lowest BCUT2D eigenvalue weighted by Gasteiger charge is -2.26. The van der Waals surface area contributed by atoms with Crippen LogP contribution in [-0.4, -0.2) is 51.6 Å². The van der Waals surface area contributed by atoms with Gasteiger partial charge in [0.1, 0.15) is 0 Å². The number of aliphatic hydroxyl groups excluding tert-OH is 1. The lowest BCUT2D eigenvalue weighted by atomic mass is 10.0. The highest BCUT2D eigenvalue weighted by Gasteiger charge is 2.21. The number of benzene rings is 1. The minimum atomic E-state index is -0.444. The number of aromatic nitrogens is 3. The Hall–Kier alpha value is -2.97. The summed E-state index contributed by atoms with van der Waals surface area (Å²) in [5.74, 6) is -0.165. The highest BCUT2D eigenvalue weighted by atomic mass is 16.5. The summed E-state index contributed by atoms with van der Waals surface area (Å²) in [6, 6.07) is 9.32. The summed E-state index contributed by atoms with van der Waals surface area (Å²) in [6.07, 6.45) is 5.56. The average Bonchev–Trinajstić information content (AvgIpc) is 3.24. The molecule has 1 atom stereocenters. The number of ether oxygens (including phenoxy) is 1. The molecule has 8 heteroatoms. The Bertz CT molecular complexity index is 1010. The van der Waals surface area contributed by atoms with Gasteiger partial charge in [0.25, 0.3) is 0 Å². The van der Waals surface area contributed by atoms with Crippen LogP contribution in [0, 0.1) is 0 Å². The number of anilines is 1. The van der Waals surface area contributed by atoms with E-state index >= 15 is 0 Å². The van der Waals surface area contributed by atoms with Gasteiger partial charge in [-0.2, -0.15) is 5.10 Å². The van der Waals surface area contributed by atoms with E-state index in [1.54, 1.807) is 6.20 Å². The number of amides is 1. The van der Waals surface area contributed by atoms with Crippen LogP contribution in [0.3, 0.4) is 0 Å². The smallest absolute Gasteiger partial charge is 0.225 e. The van der Waals surface area contributed by atoms with Crippen molar-refractivity contribution in [1.82, 2.24) is 20.1 Å². The number of hydrogen-bond acceptors (Lipinski definition) is 6. The fourth-order valence-corrected chi connectivity index (χ4v) is 3.99. The number of fused-ring (bicyclic) bond motifs is 1. The number of aliphatic hydroxyl groups is 1. The van der Waals surface area contributed by atoms with E-state index in [0.717, 1.165) is 60.4 Å². The summed E-state index contributed by atoms with van der Waals surface area (Å²) in [5.41, 5.74) is 3.40. The van der Waals surface area contributed by atoms with E-state index in [1.165, 1.54) is 0 Å². The SMILES string of the molecule is CCn1ncc2c(NC3CCOCC3)c(CC(=O)N[C@H](CO)c3ccccc3)cnc21. The van der Waals surface area contributed by atoms with Crippen molar-refractivity contribution in [3.8, 4) is 0 Å². The van der Waals surface area contributed by atoms with Gasteiger partial charge >= 0.3 is 0 Å². The Morgan fingerprint density at radius 3 is 2.74 bits per heavy atom. The van der Waals surface area contributed by atoms with Crippen LogP contribution >= 0.6 is 0 Å². The maximum Gasteiger partial charge on any atom is 0.225 e. The van der Waals surface area contributed by atoms with Crippen LogP contribution in [-0.2, 0) is 22.5 Å². The van der Waals surface area contributed by atoms with Gasteiger partial charge in [-0.05, 0) is 25.3 Å². The molecule has 0 bridgehead atoms. The fourth-order valence-electron chi connectivity index (χ4n) is 3.99. The monoisotopic (exact) mass is 423 g/mol. The fraction of sp³-hybridized carbons (Fsp3) is 0.435. The zero-order valence-corrected chi connectivity index (χ0v) is 17.8. The van der Waals surface area contributed by atoms with E-state index in [-0.39, 0.29) is 25.0 Å². The molecule has 164 valence electrons. The van der Waals surface area contributed by atoms with Gasteiger partial charge in [0.05, 0.1) is 36.3 Å². The topological polar surface area (TPSA) is 101 Å². The Morgan fingerprint density at radius 2 is 2.03 bits per heavy atom. The van der Waals surface area contributed by atoms with E-state index in [1.807, 2.05) is 48.1 Å². The van der Waals surface area contributed by atoms with Crippen LogP contribution in [0.4, 0.5) is 5.69 Å². The van der Waals surface area contributed by atoms with Crippen molar-refractivity contribution in [3.05, 3.63) is 53.9 Å². The first-order valence-corrected chi connectivity index (χ1v) is 10.8. The normalized spacial score (nSPS) is 15.7. The van der Waals surface area contributed by atoms with E-state index in [4.69, 9.17) is 4.74 Å². The van der Waals surface area contributed by atoms with Crippen molar-refractivity contribution in [1.29, 1.82) is 0 Å². The second-order valence-corrected chi connectivity index (χ2v) is 7.78. The molecule has 31 heavy (non-hydrogen) atoms. The summed E-state index contributed by atoms with van der Waals surface area (Å²) in [4.78, 5) is 17.5. The van der Waals surface area contributed by atoms with Gasteiger partial charge in [0, 0.05) is 37.6 Å². The molecule has 1 fully saturated rings. The second kappa shape index (κ2) is 9.89. The van der Waals surface area contributed by atoms with Crippen LogP contribution in [0.5, 0.6) is 0 Å². The second-order valence-electron chi connectivity index (χ2n) is 7.78. The number of nitrogens with one attached hydrogen (secondary N) is 2. The number of hydrogen-bond donors (Lipinski definition) is 3. The summed E-state index contributed by atoms with van der Waals surface area (Å²) in [6.45, 7) is 4.04. The first kappa shape index (κ1) is 21.3. The largest absolute Gasteiger partial charge is 0.394 e. The third kappa shape index (κ3) is 4.86. The van der Waals surface area contributed by atoms with Crippen LogP contribution in [0.1, 0.15) is 36.9 Å². The van der Waals surface area contributed by atoms with Gasteiger partial charge in [-0.25, -0.2) is 9.67 Å². The third-order valence-corrected chi connectivity index (χ3v) is 5.68. The van der Waals surface area contributed by atoms with Gasteiger partial charge in [-0.15, -0.1) is 0 Å². The number of aryl methyl sites for hydroxylation is 1. The number of nitrogens with zero attached hydrogens (tertiary/aromatic N) is 3. The van der Waals surface area contributed by atoms with Gasteiger partial charge < -0.3 is 20.5 Å². The minimum Gasteiger partial charge on any atom is -0.394 e. The molecule has 0 radical (unpaired) electrons. The summed E-state index contributed by atoms with van der Waals surface area (Å²) >= 11 is 0. The zero-order valence-electron chi connectivity index (χ0n) is 17.8. The summed E-state index contributed by atoms with van der Waals surface area (Å²) in [7, 11) is 0. The van der Waals surface area contributed by atoms with Crippen LogP contribution in [0.15, 0.2) is 42.7 Å². The van der Waals surface area contributed by atoms with Crippen molar-refractivity contribution in [2.45, 2.75) is 44.8 Å². The van der Waals surface area contributed by atoms with Crippen molar-refractivity contribution in [2.24, 2.45) is 0 Å². The molecule has 1 aliphatic heterocycles. The molecule has 3 aromatic rings. The predicted octanol–water partition coefficient (Wildman–Crippen LogP) is 2.43. The third-order valence-electron chi connectivity index (χ3n) is 5.68. The molecule has 0 spiro atoms. The minimum absolute atomic E-state index is 0.162. The quantitative estimate of drug-likeness (QED) is 0.514. The molecule has 3 heterocycles. The molecular weight excluding hydrogens is 394 g/mol. The summed E-state index contributed by atoms with van der Waals surface area (Å²) in [5, 5.41) is 21.7. The van der Waals surface area contributed by atoms with E-state index < -0.39 is 6.04 Å². The summed E-state index contributed by atoms with van der Waals surface area (Å²) < 4.78 is 7.34. The lowest BCUT2D eigenvalue weighted by Crippen LogP contribution is -2.32. The van der Waals surface area contributed by atoms with E-state index in [2.05, 4.69) is 20.7 Å². The molecule has 4 rings (SSSR count). The van der Waals surface area contributed by atoms with Gasteiger partial charge in [-0.1, -0.05) is 30.3 Å². The zero-order chi connectivity index (χ0) is 21.6. The van der Waals surface area contributed by atoms with Crippen molar-refractivity contribution in [3.63, 3.8) is 0 Å². The standard InChI is InChI=1S/C23H29N5O3/c1-2-28-23-19(14-25-28)22(26-18-8-10-31-11-9-18)17(13-24-23)12-21(30)27-20(15-29)16-6-4-3-5-7-16/h3-7,13-14,18,20,29H,2,8-12,15H2,1H3,(H,24,26)(H,27,30)/t20-/m1/s1. The molecule has 8 nitrogen and oxygen atoms in total. The Labute approximate surface area is 181 Å². The number of carbonyl (C=O) groups excluding carboxylic acids is 1. The average molecular weight is 424 g/mol. The molecule has 1 aliphatic rings. The molecule has 1 aromatic carbocycles. The maximum absolute atomic E-state index is 12.9. The molecule has 0 unspecified atom stereocenters. The molecule has 3 N–H and O–H groups in total. The molecule has 2 aromatic heterocycles. The van der Waals surface area contributed by atoms with Crippen molar-refractivity contribution in [2.75, 3.05) is 25.1 Å². The van der Waals surface area contributed by atoms with Gasteiger partial charge in [-0.3, -0.25) is 4.79 Å². The highest BCUT2D eigenvalue weighted by Crippen LogP contribution is 2.29. The Balaban J connectivity index is 1.58. The van der Waals surface area contributed by atoms with Crippen molar-refractivity contribution < 1.29 is 14.6 Å². The number of pyridine rings is 1. The predicted molar refractivity (Wildman–Crippen MR) is 119 cm³/mol. The van der Waals surface area contributed by atoms with Crippen LogP contribution in [0.25, 0.3) is 11.0 Å². The molecule has 1 saturated heterocycles. The Morgan fingerprint density at radius 1 is 1.26 bits per heavy atom. The lowest BCUT2D eigenvalue weighted by molar-refractivity contribution is -0.121. The van der Waals surface area contributed by atoms with E-state index in [0.29, 0.717) is 0 Å². The highest BCUT2D eigenvalue weighted by molar-refractivity contribution is 5.93. The molecule has 0 saturated carbocycles. The van der Waals surface area contributed by atoms with Crippen LogP contribution in [0.2, 0.25) is 0 Å². The molecule has 0 aliphatic carbocycles. The van der Waals surface area contributed by atoms with Crippen molar-refractivity contribution >= 4 is 22.6 Å². The van der Waals surface area contributed by atoms with Gasteiger partial charge in [0.2, 0.25) is 5.91 Å². The Kier molecular flexibility index (Phi) is 6.79. The number of rotatable bonds is 8. The first-order valence-electron chi connectivity index (χ1n) is 10.8. The van der Waals surface area contributed by atoms with E-state index in [9.17, 15) is 9.90 Å². The first-order chi connectivity index (χ1) is 15.2. The van der Waals surface area contributed by atoms with Gasteiger partial charge in [0.15, 0.2) is 5.65 Å².